The Hall–Kier alpha value is -0.990. The molecule has 1 aromatic carbocycles. The highest BCUT2D eigenvalue weighted by atomic mass is 79.9. The van der Waals surface area contributed by atoms with Gasteiger partial charge in [0.2, 0.25) is 9.84 Å². The van der Waals surface area contributed by atoms with Crippen molar-refractivity contribution in [3.63, 3.8) is 0 Å². The largest absolute Gasteiger partial charge is 0.378 e. The third-order valence-corrected chi connectivity index (χ3v) is 6.03. The Labute approximate surface area is 134 Å². The minimum Gasteiger partial charge on any atom is -0.378 e. The first kappa shape index (κ1) is 16.4. The molecule has 0 saturated heterocycles. The van der Waals surface area contributed by atoms with E-state index in [1.54, 1.807) is 11.3 Å². The molecule has 0 saturated carbocycles. The monoisotopic (exact) mass is 395 g/mol. The molecule has 0 aliphatic carbocycles. The van der Waals surface area contributed by atoms with Crippen LogP contribution in [0.25, 0.3) is 0 Å². The van der Waals surface area contributed by atoms with Crippen molar-refractivity contribution in [3.05, 3.63) is 45.1 Å². The molecule has 114 valence electrons. The molecule has 2 aromatic rings. The van der Waals surface area contributed by atoms with E-state index in [4.69, 9.17) is 0 Å². The zero-order chi connectivity index (χ0) is 15.6. The first-order chi connectivity index (χ1) is 9.80. The van der Waals surface area contributed by atoms with Crippen LogP contribution in [0.2, 0.25) is 0 Å². The van der Waals surface area contributed by atoms with Gasteiger partial charge in [-0.1, -0.05) is 0 Å². The average molecular weight is 396 g/mol. The second-order valence-corrected chi connectivity index (χ2v) is 8.75. The van der Waals surface area contributed by atoms with Crippen LogP contribution in [-0.4, -0.2) is 14.2 Å². The first-order valence-electron chi connectivity index (χ1n) is 5.94. The van der Waals surface area contributed by atoms with E-state index in [1.807, 2.05) is 19.1 Å². The molecule has 0 spiro atoms. The molecule has 0 bridgehead atoms. The van der Waals surface area contributed by atoms with Crippen LogP contribution >= 0.6 is 27.3 Å². The predicted molar refractivity (Wildman–Crippen MR) is 83.7 cm³/mol. The number of anilines is 1. The van der Waals surface area contributed by atoms with Crippen LogP contribution in [0.15, 0.2) is 45.1 Å². The third-order valence-electron chi connectivity index (χ3n) is 2.82. The molecular formula is C13H12BrF2NO2S2. The molecule has 1 aromatic heterocycles. The lowest BCUT2D eigenvalue weighted by Crippen LogP contribution is -2.11. The Kier molecular flexibility index (Phi) is 5.00. The van der Waals surface area contributed by atoms with Crippen LogP contribution in [0.3, 0.4) is 0 Å². The van der Waals surface area contributed by atoms with Crippen LogP contribution in [0.4, 0.5) is 14.5 Å². The number of alkyl halides is 2. The maximum atomic E-state index is 12.4. The van der Waals surface area contributed by atoms with E-state index in [2.05, 4.69) is 21.2 Å². The minimum absolute atomic E-state index is 0.0267. The molecule has 21 heavy (non-hydrogen) atoms. The second-order valence-electron chi connectivity index (χ2n) is 4.34. The van der Waals surface area contributed by atoms with Gasteiger partial charge in [-0.3, -0.25) is 0 Å². The lowest BCUT2D eigenvalue weighted by atomic mass is 10.2. The van der Waals surface area contributed by atoms with Crippen LogP contribution < -0.4 is 5.32 Å². The Morgan fingerprint density at radius 2 is 1.76 bits per heavy atom. The van der Waals surface area contributed by atoms with Crippen molar-refractivity contribution >= 4 is 42.8 Å². The first-order valence-corrected chi connectivity index (χ1v) is 9.10. The van der Waals surface area contributed by atoms with Gasteiger partial charge in [0, 0.05) is 10.6 Å². The molecule has 0 aliphatic heterocycles. The van der Waals surface area contributed by atoms with E-state index in [0.29, 0.717) is 5.69 Å². The van der Waals surface area contributed by atoms with Crippen LogP contribution in [0, 0.1) is 0 Å². The van der Waals surface area contributed by atoms with Crippen molar-refractivity contribution in [2.45, 2.75) is 23.6 Å². The number of nitrogens with one attached hydrogen (secondary N) is 1. The van der Waals surface area contributed by atoms with Crippen molar-refractivity contribution in [3.8, 4) is 0 Å². The van der Waals surface area contributed by atoms with Crippen molar-refractivity contribution in [2.75, 3.05) is 5.32 Å². The zero-order valence-electron chi connectivity index (χ0n) is 10.9. The van der Waals surface area contributed by atoms with Gasteiger partial charge in [-0.05, 0) is 59.3 Å². The summed E-state index contributed by atoms with van der Waals surface area (Å²) in [6.07, 6.45) is 0. The fourth-order valence-electron chi connectivity index (χ4n) is 1.73. The van der Waals surface area contributed by atoms with E-state index < -0.39 is 15.6 Å². The van der Waals surface area contributed by atoms with E-state index in [0.717, 1.165) is 8.66 Å². The maximum absolute atomic E-state index is 12.4. The molecule has 1 atom stereocenters. The fraction of sp³-hybridized carbons (Fsp3) is 0.231. The smallest absolute Gasteiger partial charge is 0.341 e. The van der Waals surface area contributed by atoms with E-state index in [-0.39, 0.29) is 10.9 Å². The summed E-state index contributed by atoms with van der Waals surface area (Å²) in [4.78, 5) is 0.723. The molecule has 0 amide bonds. The highest BCUT2D eigenvalue weighted by Gasteiger charge is 2.26. The number of thiophene rings is 1. The second kappa shape index (κ2) is 6.41. The molecule has 0 fully saturated rings. The number of benzene rings is 1. The zero-order valence-corrected chi connectivity index (χ0v) is 14.1. The maximum Gasteiger partial charge on any atom is 0.341 e. The summed E-state index contributed by atoms with van der Waals surface area (Å²) in [5.41, 5.74) is 0.667. The molecule has 1 heterocycles. The lowest BCUT2D eigenvalue weighted by Gasteiger charge is -2.14. The van der Waals surface area contributed by atoms with E-state index in [9.17, 15) is 17.2 Å². The molecule has 2 rings (SSSR count). The van der Waals surface area contributed by atoms with Gasteiger partial charge in [0.15, 0.2) is 0 Å². The van der Waals surface area contributed by atoms with E-state index >= 15 is 0 Å². The van der Waals surface area contributed by atoms with Gasteiger partial charge < -0.3 is 5.32 Å². The third kappa shape index (κ3) is 3.81. The van der Waals surface area contributed by atoms with Crippen molar-refractivity contribution in [2.24, 2.45) is 0 Å². The predicted octanol–water partition coefficient (Wildman–Crippen LogP) is 4.68. The van der Waals surface area contributed by atoms with Crippen LogP contribution in [-0.2, 0) is 9.84 Å². The number of halogens is 3. The van der Waals surface area contributed by atoms with Crippen molar-refractivity contribution in [1.82, 2.24) is 0 Å². The summed E-state index contributed by atoms with van der Waals surface area (Å²) in [6.45, 7) is 1.96. The molecule has 8 heteroatoms. The van der Waals surface area contributed by atoms with Gasteiger partial charge >= 0.3 is 5.76 Å². The molecule has 0 radical (unpaired) electrons. The highest BCUT2D eigenvalue weighted by molar-refractivity contribution is 9.11. The molecular weight excluding hydrogens is 384 g/mol. The molecule has 1 N–H and O–H groups in total. The average Bonchev–Trinajstić information content (AvgIpc) is 2.86. The Morgan fingerprint density at radius 1 is 1.14 bits per heavy atom. The highest BCUT2D eigenvalue weighted by Crippen LogP contribution is 2.29. The Bertz CT molecular complexity index is 714. The van der Waals surface area contributed by atoms with Crippen molar-refractivity contribution < 1.29 is 17.2 Å². The SMILES string of the molecule is CC(Nc1ccc(S(=O)(=O)C(F)F)cc1)c1ccc(Br)s1. The summed E-state index contributed by atoms with van der Waals surface area (Å²) in [5.74, 6) is -3.40. The molecule has 1 unspecified atom stereocenters. The van der Waals surface area contributed by atoms with Crippen LogP contribution in [0.5, 0.6) is 0 Å². The van der Waals surface area contributed by atoms with Gasteiger partial charge in [-0.15, -0.1) is 11.3 Å². The quantitative estimate of drug-likeness (QED) is 0.799. The van der Waals surface area contributed by atoms with Gasteiger partial charge in [0.1, 0.15) is 0 Å². The van der Waals surface area contributed by atoms with Gasteiger partial charge in [0.25, 0.3) is 0 Å². The Morgan fingerprint density at radius 3 is 2.24 bits per heavy atom. The lowest BCUT2D eigenvalue weighted by molar-refractivity contribution is 0.234. The number of sulfone groups is 1. The van der Waals surface area contributed by atoms with Gasteiger partial charge in [0.05, 0.1) is 14.7 Å². The standard InChI is InChI=1S/C13H12BrF2NO2S2/c1-8(11-6-7-12(14)20-11)17-9-2-4-10(5-3-9)21(18,19)13(15)16/h2-8,13,17H,1H3. The van der Waals surface area contributed by atoms with Gasteiger partial charge in [-0.2, -0.15) is 8.78 Å². The fourth-order valence-corrected chi connectivity index (χ4v) is 3.87. The number of hydrogen-bond donors (Lipinski definition) is 1. The van der Waals surface area contributed by atoms with Crippen LogP contribution in [0.1, 0.15) is 17.8 Å². The molecule has 3 nitrogen and oxygen atoms in total. The van der Waals surface area contributed by atoms with Crippen molar-refractivity contribution in [1.29, 1.82) is 0 Å². The molecule has 0 aliphatic rings. The summed E-state index contributed by atoms with van der Waals surface area (Å²) in [7, 11) is -4.54. The Balaban J connectivity index is 2.13. The minimum atomic E-state index is -4.54. The summed E-state index contributed by atoms with van der Waals surface area (Å²) >= 11 is 4.97. The topological polar surface area (TPSA) is 46.2 Å². The van der Waals surface area contributed by atoms with Gasteiger partial charge in [-0.25, -0.2) is 8.42 Å². The number of hydrogen-bond acceptors (Lipinski definition) is 4. The summed E-state index contributed by atoms with van der Waals surface area (Å²) in [6, 6.07) is 9.27. The normalized spacial score (nSPS) is 13.4. The number of rotatable bonds is 5. The van der Waals surface area contributed by atoms with E-state index in [1.165, 1.54) is 24.3 Å². The summed E-state index contributed by atoms with van der Waals surface area (Å²) < 4.78 is 48.5. The summed E-state index contributed by atoms with van der Waals surface area (Å²) in [5, 5.41) is 3.19.